The SMILES string of the molecule is COc1ccc(CSc2nnc(CSc3nc4ccccc4s3)o2)cc1. The van der Waals surface area contributed by atoms with Crippen LogP contribution in [0.3, 0.4) is 0 Å². The van der Waals surface area contributed by atoms with Crippen molar-refractivity contribution in [1.82, 2.24) is 15.2 Å². The second-order valence-corrected chi connectivity index (χ2v) is 8.51. The first-order valence-corrected chi connectivity index (χ1v) is 10.7. The van der Waals surface area contributed by atoms with Gasteiger partial charge in [0.05, 0.1) is 23.1 Å². The Morgan fingerprint density at radius 3 is 2.65 bits per heavy atom. The fourth-order valence-corrected chi connectivity index (χ4v) is 4.90. The molecule has 0 atom stereocenters. The number of thiazole rings is 1. The summed E-state index contributed by atoms with van der Waals surface area (Å²) >= 11 is 4.83. The molecule has 0 N–H and O–H groups in total. The number of fused-ring (bicyclic) bond motifs is 1. The van der Waals surface area contributed by atoms with E-state index < -0.39 is 0 Å². The predicted molar refractivity (Wildman–Crippen MR) is 106 cm³/mol. The van der Waals surface area contributed by atoms with Crippen LogP contribution in [0.2, 0.25) is 0 Å². The molecule has 0 fully saturated rings. The standard InChI is InChI=1S/C18H15N3O2S3/c1-22-13-8-6-12(7-9-13)10-24-17-21-20-16(23-17)11-25-18-19-14-4-2-3-5-15(14)26-18/h2-9H,10-11H2,1H3. The fraction of sp³-hybridized carbons (Fsp3) is 0.167. The summed E-state index contributed by atoms with van der Waals surface area (Å²) in [6, 6.07) is 16.1. The second-order valence-electron chi connectivity index (χ2n) is 5.33. The first-order chi connectivity index (χ1) is 12.8. The van der Waals surface area contributed by atoms with E-state index in [0.29, 0.717) is 16.9 Å². The van der Waals surface area contributed by atoms with Crippen molar-refractivity contribution >= 4 is 45.1 Å². The van der Waals surface area contributed by atoms with Crippen molar-refractivity contribution in [2.24, 2.45) is 0 Å². The molecule has 26 heavy (non-hydrogen) atoms. The zero-order chi connectivity index (χ0) is 17.8. The zero-order valence-electron chi connectivity index (χ0n) is 13.9. The van der Waals surface area contributed by atoms with Crippen molar-refractivity contribution in [3.63, 3.8) is 0 Å². The molecule has 0 bridgehead atoms. The van der Waals surface area contributed by atoms with Crippen molar-refractivity contribution in [2.75, 3.05) is 7.11 Å². The van der Waals surface area contributed by atoms with E-state index in [1.807, 2.05) is 42.5 Å². The van der Waals surface area contributed by atoms with Crippen LogP contribution in [0.15, 0.2) is 62.5 Å². The maximum absolute atomic E-state index is 5.72. The molecule has 4 rings (SSSR count). The number of nitrogens with zero attached hydrogens (tertiary/aromatic N) is 3. The fourth-order valence-electron chi connectivity index (χ4n) is 2.26. The number of benzene rings is 2. The van der Waals surface area contributed by atoms with Gasteiger partial charge in [0.2, 0.25) is 5.89 Å². The first-order valence-electron chi connectivity index (χ1n) is 7.86. The summed E-state index contributed by atoms with van der Waals surface area (Å²) in [5.74, 6) is 2.87. The van der Waals surface area contributed by atoms with Crippen LogP contribution in [0.25, 0.3) is 10.2 Å². The third-order valence-corrected chi connectivity index (χ3v) is 6.62. The molecule has 0 spiro atoms. The summed E-state index contributed by atoms with van der Waals surface area (Å²) in [6.07, 6.45) is 0. The molecular formula is C18H15N3O2S3. The Balaban J connectivity index is 1.32. The van der Waals surface area contributed by atoms with Crippen LogP contribution in [0.1, 0.15) is 11.5 Å². The van der Waals surface area contributed by atoms with Gasteiger partial charge in [-0.2, -0.15) is 0 Å². The van der Waals surface area contributed by atoms with Crippen molar-refractivity contribution in [3.8, 4) is 5.75 Å². The summed E-state index contributed by atoms with van der Waals surface area (Å²) < 4.78 is 13.1. The highest BCUT2D eigenvalue weighted by atomic mass is 32.2. The smallest absolute Gasteiger partial charge is 0.276 e. The number of hydrogen-bond donors (Lipinski definition) is 0. The zero-order valence-corrected chi connectivity index (χ0v) is 16.4. The van der Waals surface area contributed by atoms with Gasteiger partial charge in [-0.15, -0.1) is 21.5 Å². The van der Waals surface area contributed by atoms with Gasteiger partial charge >= 0.3 is 0 Å². The van der Waals surface area contributed by atoms with Crippen LogP contribution in [0.4, 0.5) is 0 Å². The van der Waals surface area contributed by atoms with E-state index in [2.05, 4.69) is 21.2 Å². The quantitative estimate of drug-likeness (QED) is 0.391. The van der Waals surface area contributed by atoms with E-state index in [1.54, 1.807) is 30.2 Å². The van der Waals surface area contributed by atoms with Crippen molar-refractivity contribution < 1.29 is 9.15 Å². The van der Waals surface area contributed by atoms with Crippen LogP contribution < -0.4 is 4.74 Å². The van der Waals surface area contributed by atoms with Gasteiger partial charge in [0.1, 0.15) is 5.75 Å². The average molecular weight is 402 g/mol. The topological polar surface area (TPSA) is 61.0 Å². The molecule has 2 aromatic heterocycles. The molecule has 0 radical (unpaired) electrons. The Bertz CT molecular complexity index is 965. The highest BCUT2D eigenvalue weighted by Gasteiger charge is 2.10. The van der Waals surface area contributed by atoms with Crippen molar-refractivity contribution in [2.45, 2.75) is 21.1 Å². The van der Waals surface area contributed by atoms with E-state index in [0.717, 1.165) is 21.4 Å². The van der Waals surface area contributed by atoms with Crippen molar-refractivity contribution in [1.29, 1.82) is 0 Å². The van der Waals surface area contributed by atoms with E-state index in [4.69, 9.17) is 9.15 Å². The van der Waals surface area contributed by atoms with E-state index in [9.17, 15) is 0 Å². The van der Waals surface area contributed by atoms with Gasteiger partial charge in [0, 0.05) is 5.75 Å². The maximum atomic E-state index is 5.72. The molecule has 0 amide bonds. The highest BCUT2D eigenvalue weighted by Crippen LogP contribution is 2.31. The molecule has 5 nitrogen and oxygen atoms in total. The molecule has 2 heterocycles. The monoisotopic (exact) mass is 401 g/mol. The van der Waals surface area contributed by atoms with Gasteiger partial charge in [-0.3, -0.25) is 0 Å². The van der Waals surface area contributed by atoms with Crippen LogP contribution in [-0.2, 0) is 11.5 Å². The lowest BCUT2D eigenvalue weighted by atomic mass is 10.2. The van der Waals surface area contributed by atoms with Gasteiger partial charge in [0.15, 0.2) is 4.34 Å². The van der Waals surface area contributed by atoms with Crippen LogP contribution >= 0.6 is 34.9 Å². The Morgan fingerprint density at radius 1 is 1.00 bits per heavy atom. The minimum absolute atomic E-state index is 0.584. The minimum atomic E-state index is 0.584. The summed E-state index contributed by atoms with van der Waals surface area (Å²) in [7, 11) is 1.66. The maximum Gasteiger partial charge on any atom is 0.276 e. The number of hydrogen-bond acceptors (Lipinski definition) is 8. The molecule has 0 aliphatic rings. The molecule has 0 aliphatic carbocycles. The molecule has 0 unspecified atom stereocenters. The van der Waals surface area contributed by atoms with E-state index in [1.165, 1.54) is 22.0 Å². The Hall–Kier alpha value is -2.03. The summed E-state index contributed by atoms with van der Waals surface area (Å²) in [5, 5.41) is 8.82. The third-order valence-electron chi connectivity index (χ3n) is 3.56. The molecule has 0 saturated heterocycles. The molecule has 4 aromatic rings. The Labute approximate surface area is 163 Å². The van der Waals surface area contributed by atoms with Gasteiger partial charge < -0.3 is 9.15 Å². The van der Waals surface area contributed by atoms with Gasteiger partial charge in [-0.05, 0) is 29.8 Å². The molecule has 132 valence electrons. The number of ether oxygens (including phenoxy) is 1. The number of thioether (sulfide) groups is 2. The Kier molecular flexibility index (Phi) is 5.42. The van der Waals surface area contributed by atoms with Gasteiger partial charge in [-0.1, -0.05) is 47.8 Å². The van der Waals surface area contributed by atoms with E-state index >= 15 is 0 Å². The summed E-state index contributed by atoms with van der Waals surface area (Å²) in [6.45, 7) is 0. The number of aromatic nitrogens is 3. The number of methoxy groups -OCH3 is 1. The molecule has 2 aromatic carbocycles. The second kappa shape index (κ2) is 8.11. The summed E-state index contributed by atoms with van der Waals surface area (Å²) in [5.41, 5.74) is 2.21. The lowest BCUT2D eigenvalue weighted by Gasteiger charge is -2.01. The normalized spacial score (nSPS) is 11.1. The highest BCUT2D eigenvalue weighted by molar-refractivity contribution is 8.00. The minimum Gasteiger partial charge on any atom is -0.497 e. The molecule has 8 heteroatoms. The molecule has 0 aliphatic heterocycles. The molecular weight excluding hydrogens is 386 g/mol. The van der Waals surface area contributed by atoms with E-state index in [-0.39, 0.29) is 0 Å². The first kappa shape index (κ1) is 17.4. The van der Waals surface area contributed by atoms with Crippen molar-refractivity contribution in [3.05, 3.63) is 60.0 Å². The number of para-hydroxylation sites is 1. The summed E-state index contributed by atoms with van der Waals surface area (Å²) in [4.78, 5) is 4.60. The predicted octanol–water partition coefficient (Wildman–Crippen LogP) is 5.27. The Morgan fingerprint density at radius 2 is 1.85 bits per heavy atom. The lowest BCUT2D eigenvalue weighted by Crippen LogP contribution is -1.84. The van der Waals surface area contributed by atoms with Crippen LogP contribution in [0, 0.1) is 0 Å². The van der Waals surface area contributed by atoms with Crippen LogP contribution in [-0.4, -0.2) is 22.3 Å². The lowest BCUT2D eigenvalue weighted by molar-refractivity contribution is 0.414. The van der Waals surface area contributed by atoms with Crippen LogP contribution in [0.5, 0.6) is 5.75 Å². The van der Waals surface area contributed by atoms with Gasteiger partial charge in [0.25, 0.3) is 5.22 Å². The molecule has 0 saturated carbocycles. The third kappa shape index (κ3) is 4.20. The number of rotatable bonds is 7. The largest absolute Gasteiger partial charge is 0.497 e. The van der Waals surface area contributed by atoms with Gasteiger partial charge in [-0.25, -0.2) is 4.98 Å². The average Bonchev–Trinajstić information content (AvgIpc) is 3.31.